The smallest absolute Gasteiger partial charge is 0.254 e. The van der Waals surface area contributed by atoms with E-state index < -0.39 is 0 Å². The average molecular weight is 262 g/mol. The number of nitrogens with zero attached hydrogens (tertiary/aromatic N) is 2. The summed E-state index contributed by atoms with van der Waals surface area (Å²) in [7, 11) is 0. The van der Waals surface area contributed by atoms with Crippen LogP contribution in [0.3, 0.4) is 0 Å². The van der Waals surface area contributed by atoms with Crippen molar-refractivity contribution in [3.05, 3.63) is 29.3 Å². The molecule has 104 valence electrons. The molecule has 0 radical (unpaired) electrons. The Hall–Kier alpha value is -1.55. The summed E-state index contributed by atoms with van der Waals surface area (Å²) in [5, 5.41) is 9.68. The van der Waals surface area contributed by atoms with Gasteiger partial charge >= 0.3 is 0 Å². The Morgan fingerprint density at radius 1 is 1.21 bits per heavy atom. The Morgan fingerprint density at radius 2 is 1.84 bits per heavy atom. The van der Waals surface area contributed by atoms with Crippen LogP contribution in [0.1, 0.15) is 29.8 Å². The lowest BCUT2D eigenvalue weighted by Crippen LogP contribution is -2.50. The van der Waals surface area contributed by atoms with Crippen LogP contribution in [0.25, 0.3) is 0 Å². The zero-order valence-electron chi connectivity index (χ0n) is 11.9. The van der Waals surface area contributed by atoms with Crippen molar-refractivity contribution in [2.75, 3.05) is 26.2 Å². The second-order valence-corrected chi connectivity index (χ2v) is 5.42. The maximum absolute atomic E-state index is 12.3. The van der Waals surface area contributed by atoms with Crippen molar-refractivity contribution in [1.29, 1.82) is 0 Å². The predicted octanol–water partition coefficient (Wildman–Crippen LogP) is 1.87. The fourth-order valence-electron chi connectivity index (χ4n) is 2.37. The van der Waals surface area contributed by atoms with Crippen molar-refractivity contribution in [2.24, 2.45) is 0 Å². The molecule has 4 nitrogen and oxygen atoms in total. The first-order valence-corrected chi connectivity index (χ1v) is 6.82. The van der Waals surface area contributed by atoms with Gasteiger partial charge in [0.2, 0.25) is 0 Å². The fourth-order valence-corrected chi connectivity index (χ4v) is 2.37. The lowest BCUT2D eigenvalue weighted by atomic mass is 10.1. The summed E-state index contributed by atoms with van der Waals surface area (Å²) in [5.74, 6) is 0.199. The van der Waals surface area contributed by atoms with Crippen LogP contribution in [-0.2, 0) is 0 Å². The molecule has 1 heterocycles. The van der Waals surface area contributed by atoms with E-state index in [1.54, 1.807) is 18.2 Å². The molecule has 1 aliphatic rings. The highest BCUT2D eigenvalue weighted by Gasteiger charge is 2.23. The van der Waals surface area contributed by atoms with Gasteiger partial charge in [0, 0.05) is 37.8 Å². The first-order valence-electron chi connectivity index (χ1n) is 6.82. The Morgan fingerprint density at radius 3 is 2.37 bits per heavy atom. The average Bonchev–Trinajstić information content (AvgIpc) is 2.41. The molecule has 0 aromatic heterocycles. The van der Waals surface area contributed by atoms with Crippen molar-refractivity contribution in [2.45, 2.75) is 26.8 Å². The van der Waals surface area contributed by atoms with Crippen LogP contribution in [0.15, 0.2) is 18.2 Å². The lowest BCUT2D eigenvalue weighted by molar-refractivity contribution is 0.0595. The van der Waals surface area contributed by atoms with E-state index in [1.807, 2.05) is 11.8 Å². The Bertz CT molecular complexity index is 463. The number of benzene rings is 1. The molecule has 1 aliphatic heterocycles. The number of rotatable bonds is 2. The summed E-state index contributed by atoms with van der Waals surface area (Å²) >= 11 is 0. The van der Waals surface area contributed by atoms with Gasteiger partial charge in [-0.3, -0.25) is 9.69 Å². The minimum atomic E-state index is 0.0127. The third-order valence-corrected chi connectivity index (χ3v) is 3.79. The molecule has 1 saturated heterocycles. The Kier molecular flexibility index (Phi) is 4.10. The molecule has 0 spiro atoms. The number of phenols is 1. The maximum Gasteiger partial charge on any atom is 0.254 e. The molecule has 0 unspecified atom stereocenters. The molecular formula is C15H22N2O2. The molecule has 2 rings (SSSR count). The summed E-state index contributed by atoms with van der Waals surface area (Å²) in [4.78, 5) is 16.6. The number of carbonyl (C=O) groups is 1. The van der Waals surface area contributed by atoms with Gasteiger partial charge in [-0.25, -0.2) is 0 Å². The minimum absolute atomic E-state index is 0.0127. The van der Waals surface area contributed by atoms with Crippen LogP contribution in [0.5, 0.6) is 5.75 Å². The maximum atomic E-state index is 12.3. The van der Waals surface area contributed by atoms with Crippen LogP contribution in [0.2, 0.25) is 0 Å². The monoisotopic (exact) mass is 262 g/mol. The third kappa shape index (κ3) is 3.07. The van der Waals surface area contributed by atoms with Gasteiger partial charge in [0.25, 0.3) is 5.91 Å². The van der Waals surface area contributed by atoms with E-state index in [2.05, 4.69) is 18.7 Å². The summed E-state index contributed by atoms with van der Waals surface area (Å²) in [6.07, 6.45) is 0. The van der Waals surface area contributed by atoms with E-state index in [-0.39, 0.29) is 11.7 Å². The van der Waals surface area contributed by atoms with E-state index >= 15 is 0 Å². The molecule has 1 aromatic rings. The van der Waals surface area contributed by atoms with Gasteiger partial charge in [-0.05, 0) is 38.5 Å². The van der Waals surface area contributed by atoms with Crippen LogP contribution >= 0.6 is 0 Å². The van der Waals surface area contributed by atoms with Crippen molar-refractivity contribution in [3.8, 4) is 5.75 Å². The highest BCUT2D eigenvalue weighted by atomic mass is 16.3. The Labute approximate surface area is 114 Å². The molecule has 1 N–H and O–H groups in total. The standard InChI is InChI=1S/C15H22N2O2/c1-11(2)16-6-8-17(9-7-16)15(19)13-5-4-12(3)14(18)10-13/h4-5,10-11,18H,6-9H2,1-3H3. The zero-order chi connectivity index (χ0) is 14.0. The summed E-state index contributed by atoms with van der Waals surface area (Å²) in [6.45, 7) is 9.52. The Balaban J connectivity index is 2.03. The number of hydrogen-bond donors (Lipinski definition) is 1. The van der Waals surface area contributed by atoms with E-state index in [0.29, 0.717) is 11.6 Å². The molecular weight excluding hydrogens is 240 g/mol. The van der Waals surface area contributed by atoms with Gasteiger partial charge in [-0.2, -0.15) is 0 Å². The number of carbonyl (C=O) groups excluding carboxylic acids is 1. The zero-order valence-corrected chi connectivity index (χ0v) is 11.9. The highest BCUT2D eigenvalue weighted by molar-refractivity contribution is 5.94. The van der Waals surface area contributed by atoms with Gasteiger partial charge in [-0.15, -0.1) is 0 Å². The van der Waals surface area contributed by atoms with Gasteiger partial charge in [0.05, 0.1) is 0 Å². The number of aromatic hydroxyl groups is 1. The second-order valence-electron chi connectivity index (χ2n) is 5.42. The number of amides is 1. The van der Waals surface area contributed by atoms with E-state index in [4.69, 9.17) is 0 Å². The van der Waals surface area contributed by atoms with Crippen LogP contribution < -0.4 is 0 Å². The van der Waals surface area contributed by atoms with E-state index in [9.17, 15) is 9.90 Å². The third-order valence-electron chi connectivity index (χ3n) is 3.79. The van der Waals surface area contributed by atoms with Crippen molar-refractivity contribution >= 4 is 5.91 Å². The number of aryl methyl sites for hydroxylation is 1. The van der Waals surface area contributed by atoms with Crippen molar-refractivity contribution in [3.63, 3.8) is 0 Å². The number of phenolic OH excluding ortho intramolecular Hbond substituents is 1. The largest absolute Gasteiger partial charge is 0.508 e. The number of piperazine rings is 1. The van der Waals surface area contributed by atoms with Crippen molar-refractivity contribution < 1.29 is 9.90 Å². The van der Waals surface area contributed by atoms with Crippen LogP contribution in [0.4, 0.5) is 0 Å². The highest BCUT2D eigenvalue weighted by Crippen LogP contribution is 2.19. The molecule has 0 bridgehead atoms. The first-order chi connectivity index (χ1) is 8.99. The van der Waals surface area contributed by atoms with Crippen molar-refractivity contribution in [1.82, 2.24) is 9.80 Å². The van der Waals surface area contributed by atoms with Gasteiger partial charge in [0.1, 0.15) is 5.75 Å². The molecule has 0 saturated carbocycles. The summed E-state index contributed by atoms with van der Waals surface area (Å²) < 4.78 is 0. The summed E-state index contributed by atoms with van der Waals surface area (Å²) in [6, 6.07) is 5.66. The summed E-state index contributed by atoms with van der Waals surface area (Å²) in [5.41, 5.74) is 1.36. The van der Waals surface area contributed by atoms with Gasteiger partial charge in [0.15, 0.2) is 0 Å². The molecule has 1 fully saturated rings. The molecule has 1 aromatic carbocycles. The normalized spacial score (nSPS) is 16.9. The molecule has 19 heavy (non-hydrogen) atoms. The predicted molar refractivity (Wildman–Crippen MR) is 75.5 cm³/mol. The lowest BCUT2D eigenvalue weighted by Gasteiger charge is -2.37. The second kappa shape index (κ2) is 5.61. The van der Waals surface area contributed by atoms with Crippen LogP contribution in [0, 0.1) is 6.92 Å². The molecule has 1 amide bonds. The van der Waals surface area contributed by atoms with E-state index in [1.165, 1.54) is 0 Å². The molecule has 0 atom stereocenters. The van der Waals surface area contributed by atoms with Gasteiger partial charge < -0.3 is 10.0 Å². The topological polar surface area (TPSA) is 43.8 Å². The minimum Gasteiger partial charge on any atom is -0.508 e. The van der Waals surface area contributed by atoms with E-state index in [0.717, 1.165) is 31.7 Å². The number of hydrogen-bond acceptors (Lipinski definition) is 3. The van der Waals surface area contributed by atoms with Gasteiger partial charge in [-0.1, -0.05) is 6.07 Å². The SMILES string of the molecule is Cc1ccc(C(=O)N2CCN(C(C)C)CC2)cc1O. The first kappa shape index (κ1) is 13.9. The van der Waals surface area contributed by atoms with Crippen LogP contribution in [-0.4, -0.2) is 53.0 Å². The quantitative estimate of drug-likeness (QED) is 0.885. The fraction of sp³-hybridized carbons (Fsp3) is 0.533. The molecule has 4 heteroatoms. The molecule has 0 aliphatic carbocycles.